The van der Waals surface area contributed by atoms with Crippen molar-refractivity contribution in [1.82, 2.24) is 15.6 Å². The van der Waals surface area contributed by atoms with Crippen LogP contribution in [-0.4, -0.2) is 37.2 Å². The number of rotatable bonds is 7. The molecule has 0 aliphatic carbocycles. The van der Waals surface area contributed by atoms with Crippen LogP contribution in [0.4, 0.5) is 0 Å². The van der Waals surface area contributed by atoms with E-state index in [0.717, 1.165) is 62.9 Å². The standard InChI is InChI=1S/C20H26N4O/c1-2-21-20(24-13-9-18-5-3-4-11-22-18)23-12-8-16-6-7-19-17(15-16)10-14-25-19/h3-7,11,15H,2,8-10,12-14H2,1H3,(H2,21,23,24). The summed E-state index contributed by atoms with van der Waals surface area (Å²) in [5.41, 5.74) is 3.73. The van der Waals surface area contributed by atoms with Crippen molar-refractivity contribution < 1.29 is 4.74 Å². The van der Waals surface area contributed by atoms with Gasteiger partial charge in [-0.3, -0.25) is 9.98 Å². The highest BCUT2D eigenvalue weighted by Gasteiger charge is 2.11. The quantitative estimate of drug-likeness (QED) is 0.601. The number of fused-ring (bicyclic) bond motifs is 1. The number of guanidine groups is 1. The average Bonchev–Trinajstić information content (AvgIpc) is 3.10. The Labute approximate surface area is 149 Å². The molecule has 3 rings (SSSR count). The van der Waals surface area contributed by atoms with Gasteiger partial charge in [-0.15, -0.1) is 0 Å². The van der Waals surface area contributed by atoms with Gasteiger partial charge in [0.05, 0.1) is 6.61 Å². The van der Waals surface area contributed by atoms with Crippen LogP contribution in [0.1, 0.15) is 23.7 Å². The summed E-state index contributed by atoms with van der Waals surface area (Å²) < 4.78 is 5.56. The number of benzene rings is 1. The van der Waals surface area contributed by atoms with E-state index in [-0.39, 0.29) is 0 Å². The van der Waals surface area contributed by atoms with Crippen LogP contribution >= 0.6 is 0 Å². The summed E-state index contributed by atoms with van der Waals surface area (Å²) in [6.07, 6.45) is 4.67. The summed E-state index contributed by atoms with van der Waals surface area (Å²) in [4.78, 5) is 8.96. The van der Waals surface area contributed by atoms with E-state index >= 15 is 0 Å². The molecule has 132 valence electrons. The SMILES string of the molecule is CCNC(=NCCc1ccccn1)NCCc1ccc2c(c1)CCO2. The number of hydrogen-bond donors (Lipinski definition) is 2. The lowest BCUT2D eigenvalue weighted by molar-refractivity contribution is 0.357. The number of nitrogens with zero attached hydrogens (tertiary/aromatic N) is 2. The first-order valence-corrected chi connectivity index (χ1v) is 9.02. The lowest BCUT2D eigenvalue weighted by Gasteiger charge is -2.11. The Morgan fingerprint density at radius 3 is 3.00 bits per heavy atom. The van der Waals surface area contributed by atoms with Crippen molar-refractivity contribution in [3.05, 3.63) is 59.4 Å². The van der Waals surface area contributed by atoms with Gasteiger partial charge in [0.15, 0.2) is 5.96 Å². The third-order valence-corrected chi connectivity index (χ3v) is 4.17. The molecule has 0 bridgehead atoms. The monoisotopic (exact) mass is 338 g/mol. The van der Waals surface area contributed by atoms with Crippen LogP contribution < -0.4 is 15.4 Å². The van der Waals surface area contributed by atoms with Crippen molar-refractivity contribution >= 4 is 5.96 Å². The zero-order chi connectivity index (χ0) is 17.3. The highest BCUT2D eigenvalue weighted by molar-refractivity contribution is 5.79. The Morgan fingerprint density at radius 2 is 2.16 bits per heavy atom. The van der Waals surface area contributed by atoms with Crippen molar-refractivity contribution in [3.63, 3.8) is 0 Å². The number of nitrogens with one attached hydrogen (secondary N) is 2. The molecule has 0 fully saturated rings. The second-order valence-electron chi connectivity index (χ2n) is 6.05. The van der Waals surface area contributed by atoms with Crippen LogP contribution in [0.25, 0.3) is 0 Å². The van der Waals surface area contributed by atoms with Crippen LogP contribution in [0.2, 0.25) is 0 Å². The zero-order valence-electron chi connectivity index (χ0n) is 14.8. The number of hydrogen-bond acceptors (Lipinski definition) is 3. The smallest absolute Gasteiger partial charge is 0.191 e. The van der Waals surface area contributed by atoms with Gasteiger partial charge in [0.2, 0.25) is 0 Å². The number of aromatic nitrogens is 1. The first-order chi connectivity index (χ1) is 12.3. The van der Waals surface area contributed by atoms with Gasteiger partial charge in [-0.25, -0.2) is 0 Å². The minimum atomic E-state index is 0.725. The van der Waals surface area contributed by atoms with E-state index in [1.807, 2.05) is 24.4 Å². The Kier molecular flexibility index (Phi) is 6.26. The zero-order valence-corrected chi connectivity index (χ0v) is 14.8. The molecule has 25 heavy (non-hydrogen) atoms. The largest absolute Gasteiger partial charge is 0.493 e. The molecule has 2 aromatic rings. The fraction of sp³-hybridized carbons (Fsp3) is 0.400. The molecule has 0 atom stereocenters. The maximum atomic E-state index is 5.56. The third-order valence-electron chi connectivity index (χ3n) is 4.17. The van der Waals surface area contributed by atoms with Crippen LogP contribution in [0, 0.1) is 0 Å². The van der Waals surface area contributed by atoms with Crippen molar-refractivity contribution in [2.45, 2.75) is 26.2 Å². The molecule has 1 aliphatic heterocycles. The fourth-order valence-corrected chi connectivity index (χ4v) is 2.89. The van der Waals surface area contributed by atoms with Gasteiger partial charge in [-0.05, 0) is 42.7 Å². The average molecular weight is 338 g/mol. The van der Waals surface area contributed by atoms with Crippen LogP contribution in [0.15, 0.2) is 47.6 Å². The van der Waals surface area contributed by atoms with Gasteiger partial charge in [0.1, 0.15) is 5.75 Å². The third kappa shape index (κ3) is 5.21. The summed E-state index contributed by atoms with van der Waals surface area (Å²) in [5, 5.41) is 6.71. The van der Waals surface area contributed by atoms with E-state index in [9.17, 15) is 0 Å². The van der Waals surface area contributed by atoms with Crippen LogP contribution in [0.5, 0.6) is 5.75 Å². The molecule has 0 amide bonds. The van der Waals surface area contributed by atoms with Crippen molar-refractivity contribution in [3.8, 4) is 5.75 Å². The second-order valence-corrected chi connectivity index (χ2v) is 6.05. The van der Waals surface area contributed by atoms with Crippen molar-refractivity contribution in [2.75, 3.05) is 26.2 Å². The van der Waals surface area contributed by atoms with Gasteiger partial charge in [0, 0.05) is 44.4 Å². The summed E-state index contributed by atoms with van der Waals surface area (Å²) in [7, 11) is 0. The molecule has 0 unspecified atom stereocenters. The summed E-state index contributed by atoms with van der Waals surface area (Å²) in [5.74, 6) is 1.91. The fourth-order valence-electron chi connectivity index (χ4n) is 2.89. The van der Waals surface area contributed by atoms with E-state index in [2.05, 4.69) is 45.7 Å². The van der Waals surface area contributed by atoms with E-state index in [4.69, 9.17) is 4.74 Å². The predicted molar refractivity (Wildman–Crippen MR) is 101 cm³/mol. The lowest BCUT2D eigenvalue weighted by atomic mass is 10.1. The first kappa shape index (κ1) is 17.3. The Balaban J connectivity index is 1.47. The topological polar surface area (TPSA) is 58.5 Å². The van der Waals surface area contributed by atoms with E-state index in [1.165, 1.54) is 11.1 Å². The van der Waals surface area contributed by atoms with Crippen LogP contribution in [-0.2, 0) is 19.3 Å². The highest BCUT2D eigenvalue weighted by Crippen LogP contribution is 2.25. The lowest BCUT2D eigenvalue weighted by Crippen LogP contribution is -2.38. The molecular formula is C20H26N4O. The molecule has 2 N–H and O–H groups in total. The molecule has 0 saturated carbocycles. The Morgan fingerprint density at radius 1 is 1.20 bits per heavy atom. The van der Waals surface area contributed by atoms with Crippen LogP contribution in [0.3, 0.4) is 0 Å². The molecule has 1 aliphatic rings. The van der Waals surface area contributed by atoms with Gasteiger partial charge >= 0.3 is 0 Å². The molecule has 2 heterocycles. The molecular weight excluding hydrogens is 312 g/mol. The van der Waals surface area contributed by atoms with Gasteiger partial charge < -0.3 is 15.4 Å². The van der Waals surface area contributed by atoms with E-state index < -0.39 is 0 Å². The minimum Gasteiger partial charge on any atom is -0.493 e. The molecule has 5 nitrogen and oxygen atoms in total. The molecule has 1 aromatic carbocycles. The normalized spacial score (nSPS) is 13.2. The molecule has 5 heteroatoms. The van der Waals surface area contributed by atoms with Crippen molar-refractivity contribution in [1.29, 1.82) is 0 Å². The molecule has 0 spiro atoms. The number of ether oxygens (including phenoxy) is 1. The molecule has 0 radical (unpaired) electrons. The molecule has 1 aromatic heterocycles. The Bertz CT molecular complexity index is 700. The Hall–Kier alpha value is -2.56. The molecule has 0 saturated heterocycles. The summed E-state index contributed by atoms with van der Waals surface area (Å²) in [6, 6.07) is 12.5. The van der Waals surface area contributed by atoms with Gasteiger partial charge in [0.25, 0.3) is 0 Å². The number of pyridine rings is 1. The maximum absolute atomic E-state index is 5.56. The minimum absolute atomic E-state index is 0.725. The summed E-state index contributed by atoms with van der Waals surface area (Å²) in [6.45, 7) is 5.32. The van der Waals surface area contributed by atoms with E-state index in [1.54, 1.807) is 0 Å². The first-order valence-electron chi connectivity index (χ1n) is 9.02. The number of aliphatic imine (C=N–C) groups is 1. The summed E-state index contributed by atoms with van der Waals surface area (Å²) >= 11 is 0. The predicted octanol–water partition coefficient (Wildman–Crippen LogP) is 2.36. The van der Waals surface area contributed by atoms with Gasteiger partial charge in [-0.2, -0.15) is 0 Å². The van der Waals surface area contributed by atoms with Crippen molar-refractivity contribution in [2.24, 2.45) is 4.99 Å². The van der Waals surface area contributed by atoms with E-state index in [0.29, 0.717) is 0 Å². The highest BCUT2D eigenvalue weighted by atomic mass is 16.5. The van der Waals surface area contributed by atoms with Gasteiger partial charge in [-0.1, -0.05) is 18.2 Å². The second kappa shape index (κ2) is 9.06. The maximum Gasteiger partial charge on any atom is 0.191 e.